The Hall–Kier alpha value is -2.15. The number of nitrogens with one attached hydrogen (secondary N) is 2. The lowest BCUT2D eigenvalue weighted by molar-refractivity contribution is 0.0950. The van der Waals surface area contributed by atoms with E-state index in [2.05, 4.69) is 25.9 Å². The van der Waals surface area contributed by atoms with Crippen molar-refractivity contribution in [3.8, 4) is 0 Å². The van der Waals surface area contributed by atoms with Crippen molar-refractivity contribution in [2.24, 2.45) is 0 Å². The lowest BCUT2D eigenvalue weighted by Gasteiger charge is -2.04. The second-order valence-corrected chi connectivity index (χ2v) is 3.72. The van der Waals surface area contributed by atoms with Crippen LogP contribution in [0.4, 0.5) is 5.69 Å². The second-order valence-electron chi connectivity index (χ2n) is 3.28. The van der Waals surface area contributed by atoms with Crippen LogP contribution in [-0.2, 0) is 6.54 Å². The van der Waals surface area contributed by atoms with Crippen LogP contribution in [0, 0.1) is 0 Å². The van der Waals surface area contributed by atoms with E-state index in [1.54, 1.807) is 6.07 Å². The van der Waals surface area contributed by atoms with Crippen LogP contribution < -0.4 is 11.1 Å². The number of carbonyl (C=O) groups excluding carboxylic acids is 1. The average molecular weight is 253 g/mol. The van der Waals surface area contributed by atoms with Gasteiger partial charge in [-0.1, -0.05) is 16.8 Å². The Kier molecular flexibility index (Phi) is 3.20. The topological polar surface area (TPSA) is 110 Å². The smallest absolute Gasteiger partial charge is 0.251 e. The van der Waals surface area contributed by atoms with Crippen LogP contribution in [0.3, 0.4) is 0 Å². The molecule has 0 bridgehead atoms. The minimum atomic E-state index is -0.302. The summed E-state index contributed by atoms with van der Waals surface area (Å²) < 4.78 is 0. The number of hydrogen-bond acceptors (Lipinski definition) is 5. The van der Waals surface area contributed by atoms with Crippen molar-refractivity contribution in [1.82, 2.24) is 25.9 Å². The minimum Gasteiger partial charge on any atom is -0.399 e. The Balaban J connectivity index is 2.04. The van der Waals surface area contributed by atoms with Crippen LogP contribution in [0.2, 0.25) is 5.02 Å². The summed E-state index contributed by atoms with van der Waals surface area (Å²) in [5.41, 5.74) is 6.40. The zero-order valence-electron chi connectivity index (χ0n) is 8.64. The highest BCUT2D eigenvalue weighted by Gasteiger charge is 2.08. The Labute approximate surface area is 101 Å². The molecule has 1 aromatic carbocycles. The van der Waals surface area contributed by atoms with Gasteiger partial charge in [-0.15, -0.1) is 10.2 Å². The van der Waals surface area contributed by atoms with Crippen molar-refractivity contribution in [1.29, 1.82) is 0 Å². The highest BCUT2D eigenvalue weighted by Crippen LogP contribution is 2.16. The molecule has 2 aromatic rings. The summed E-state index contributed by atoms with van der Waals surface area (Å²) in [6.07, 6.45) is 0. The lowest BCUT2D eigenvalue weighted by Crippen LogP contribution is -2.23. The first kappa shape index (κ1) is 11.3. The fraction of sp³-hybridized carbons (Fsp3) is 0.111. The Morgan fingerprint density at radius 1 is 1.47 bits per heavy atom. The molecule has 0 atom stereocenters. The Morgan fingerprint density at radius 2 is 2.29 bits per heavy atom. The number of tetrazole rings is 1. The number of aromatic amines is 1. The van der Waals surface area contributed by atoms with Crippen molar-refractivity contribution in [2.45, 2.75) is 6.54 Å². The van der Waals surface area contributed by atoms with Crippen LogP contribution in [0.1, 0.15) is 16.2 Å². The molecule has 1 heterocycles. The molecule has 88 valence electrons. The Bertz CT molecular complexity index is 506. The van der Waals surface area contributed by atoms with Gasteiger partial charge in [-0.25, -0.2) is 0 Å². The number of nitrogen functional groups attached to an aromatic ring is 1. The van der Waals surface area contributed by atoms with Crippen molar-refractivity contribution in [3.05, 3.63) is 34.6 Å². The fourth-order valence-corrected chi connectivity index (χ4v) is 1.51. The van der Waals surface area contributed by atoms with Gasteiger partial charge in [-0.05, 0) is 18.2 Å². The lowest BCUT2D eigenvalue weighted by atomic mass is 10.2. The molecule has 17 heavy (non-hydrogen) atoms. The molecule has 0 aliphatic carbocycles. The third kappa shape index (κ3) is 2.91. The highest BCUT2D eigenvalue weighted by molar-refractivity contribution is 6.31. The maximum atomic E-state index is 11.7. The predicted molar refractivity (Wildman–Crippen MR) is 61.2 cm³/mol. The largest absolute Gasteiger partial charge is 0.399 e. The molecule has 8 heteroatoms. The van der Waals surface area contributed by atoms with Crippen LogP contribution in [0.25, 0.3) is 0 Å². The first-order valence-electron chi connectivity index (χ1n) is 4.72. The van der Waals surface area contributed by atoms with Gasteiger partial charge in [0.2, 0.25) is 0 Å². The van der Waals surface area contributed by atoms with E-state index in [0.717, 1.165) is 0 Å². The number of anilines is 1. The highest BCUT2D eigenvalue weighted by atomic mass is 35.5. The molecule has 0 aliphatic rings. The standard InChI is InChI=1S/C9H9ClN6O/c10-6-1-5(2-7(11)3-6)9(17)12-4-8-13-15-16-14-8/h1-3H,4,11H2,(H,12,17)(H,13,14,15,16). The van der Waals surface area contributed by atoms with Gasteiger partial charge in [-0.3, -0.25) is 4.79 Å². The monoisotopic (exact) mass is 252 g/mol. The zero-order valence-corrected chi connectivity index (χ0v) is 9.40. The van der Waals surface area contributed by atoms with Gasteiger partial charge < -0.3 is 11.1 Å². The number of aromatic nitrogens is 4. The number of nitrogens with zero attached hydrogens (tertiary/aromatic N) is 3. The summed E-state index contributed by atoms with van der Waals surface area (Å²) >= 11 is 5.79. The number of amides is 1. The summed E-state index contributed by atoms with van der Waals surface area (Å²) in [6.45, 7) is 0.182. The molecule has 1 aromatic heterocycles. The number of rotatable bonds is 3. The number of benzene rings is 1. The third-order valence-corrected chi connectivity index (χ3v) is 2.20. The maximum Gasteiger partial charge on any atom is 0.251 e. The SMILES string of the molecule is Nc1cc(Cl)cc(C(=O)NCc2nn[nH]n2)c1. The number of nitrogens with two attached hydrogens (primary N) is 1. The molecule has 0 unspecified atom stereocenters. The van der Waals surface area contributed by atoms with Gasteiger partial charge in [0.1, 0.15) is 0 Å². The number of halogens is 1. The first-order chi connectivity index (χ1) is 8.15. The third-order valence-electron chi connectivity index (χ3n) is 1.98. The second kappa shape index (κ2) is 4.79. The van der Waals surface area contributed by atoms with Crippen LogP contribution in [-0.4, -0.2) is 26.5 Å². The molecule has 0 saturated carbocycles. The quantitative estimate of drug-likeness (QED) is 0.684. The van der Waals surface area contributed by atoms with Crippen molar-refractivity contribution in [3.63, 3.8) is 0 Å². The molecule has 0 spiro atoms. The van der Waals surface area contributed by atoms with Crippen molar-refractivity contribution in [2.75, 3.05) is 5.73 Å². The molecule has 2 rings (SSSR count). The van der Waals surface area contributed by atoms with E-state index in [4.69, 9.17) is 17.3 Å². The van der Waals surface area contributed by atoms with E-state index in [0.29, 0.717) is 22.1 Å². The van der Waals surface area contributed by atoms with Gasteiger partial charge in [0.05, 0.1) is 6.54 Å². The van der Waals surface area contributed by atoms with Gasteiger partial charge in [0.15, 0.2) is 5.82 Å². The minimum absolute atomic E-state index is 0.182. The molecule has 4 N–H and O–H groups in total. The molecule has 0 radical (unpaired) electrons. The van der Waals surface area contributed by atoms with E-state index < -0.39 is 0 Å². The first-order valence-corrected chi connectivity index (χ1v) is 5.09. The van der Waals surface area contributed by atoms with Gasteiger partial charge >= 0.3 is 0 Å². The van der Waals surface area contributed by atoms with Gasteiger partial charge in [0.25, 0.3) is 5.91 Å². The number of carbonyl (C=O) groups is 1. The van der Waals surface area contributed by atoms with E-state index >= 15 is 0 Å². The number of hydrogen-bond donors (Lipinski definition) is 3. The fourth-order valence-electron chi connectivity index (χ4n) is 1.26. The van der Waals surface area contributed by atoms with E-state index in [-0.39, 0.29) is 12.5 Å². The van der Waals surface area contributed by atoms with Crippen molar-refractivity contribution < 1.29 is 4.79 Å². The molecule has 0 saturated heterocycles. The van der Waals surface area contributed by atoms with Crippen LogP contribution in [0.5, 0.6) is 0 Å². The molecular formula is C9H9ClN6O. The predicted octanol–water partition coefficient (Wildman–Crippen LogP) is 0.365. The zero-order chi connectivity index (χ0) is 12.3. The van der Waals surface area contributed by atoms with Crippen LogP contribution in [0.15, 0.2) is 18.2 Å². The van der Waals surface area contributed by atoms with E-state index in [9.17, 15) is 4.79 Å². The molecule has 7 nitrogen and oxygen atoms in total. The summed E-state index contributed by atoms with van der Waals surface area (Å²) in [5, 5.41) is 16.1. The number of H-pyrrole nitrogens is 1. The van der Waals surface area contributed by atoms with Crippen molar-refractivity contribution >= 4 is 23.2 Å². The summed E-state index contributed by atoms with van der Waals surface area (Å²) in [6, 6.07) is 4.64. The normalized spacial score (nSPS) is 10.2. The molecule has 1 amide bonds. The van der Waals surface area contributed by atoms with Gasteiger partial charge in [0, 0.05) is 16.3 Å². The van der Waals surface area contributed by atoms with Crippen LogP contribution >= 0.6 is 11.6 Å². The van der Waals surface area contributed by atoms with E-state index in [1.165, 1.54) is 12.1 Å². The molecule has 0 aliphatic heterocycles. The maximum absolute atomic E-state index is 11.7. The summed E-state index contributed by atoms with van der Waals surface area (Å²) in [4.78, 5) is 11.7. The Morgan fingerprint density at radius 3 is 2.94 bits per heavy atom. The summed E-state index contributed by atoms with van der Waals surface area (Å²) in [5.74, 6) is 0.0948. The summed E-state index contributed by atoms with van der Waals surface area (Å²) in [7, 11) is 0. The molecule has 0 fully saturated rings. The molecular weight excluding hydrogens is 244 g/mol. The van der Waals surface area contributed by atoms with E-state index in [1.807, 2.05) is 0 Å². The average Bonchev–Trinajstić information content (AvgIpc) is 2.77. The van der Waals surface area contributed by atoms with Gasteiger partial charge in [-0.2, -0.15) is 5.21 Å².